The SMILES string of the molecule is CC(C)[C@H](N)C(=O)N1CCC(C(=O)NCc2ccccc2)CC1. The number of nitrogens with zero attached hydrogens (tertiary/aromatic N) is 1. The van der Waals surface area contributed by atoms with Gasteiger partial charge in [0.2, 0.25) is 11.8 Å². The van der Waals surface area contributed by atoms with Crippen LogP contribution in [-0.2, 0) is 16.1 Å². The van der Waals surface area contributed by atoms with Gasteiger partial charge in [0.1, 0.15) is 0 Å². The maximum absolute atomic E-state index is 12.3. The smallest absolute Gasteiger partial charge is 0.239 e. The molecule has 0 radical (unpaired) electrons. The van der Waals surface area contributed by atoms with Crippen LogP contribution in [0.5, 0.6) is 0 Å². The topological polar surface area (TPSA) is 75.4 Å². The van der Waals surface area contributed by atoms with Crippen molar-refractivity contribution >= 4 is 11.8 Å². The lowest BCUT2D eigenvalue weighted by molar-refractivity contribution is -0.137. The van der Waals surface area contributed by atoms with Crippen LogP contribution in [-0.4, -0.2) is 35.8 Å². The summed E-state index contributed by atoms with van der Waals surface area (Å²) in [5.41, 5.74) is 7.02. The predicted molar refractivity (Wildman–Crippen MR) is 90.4 cm³/mol. The van der Waals surface area contributed by atoms with Gasteiger partial charge in [-0.1, -0.05) is 44.2 Å². The molecule has 0 bridgehead atoms. The molecule has 5 nitrogen and oxygen atoms in total. The molecule has 23 heavy (non-hydrogen) atoms. The summed E-state index contributed by atoms with van der Waals surface area (Å²) in [6.07, 6.45) is 1.41. The number of piperidine rings is 1. The van der Waals surface area contributed by atoms with Crippen LogP contribution in [0.3, 0.4) is 0 Å². The van der Waals surface area contributed by atoms with E-state index in [0.717, 1.165) is 5.56 Å². The highest BCUT2D eigenvalue weighted by molar-refractivity contribution is 5.83. The third-order valence-electron chi connectivity index (χ3n) is 4.49. The molecule has 2 amide bonds. The van der Waals surface area contributed by atoms with Gasteiger partial charge < -0.3 is 16.0 Å². The van der Waals surface area contributed by atoms with Gasteiger partial charge in [-0.25, -0.2) is 0 Å². The van der Waals surface area contributed by atoms with Crippen LogP contribution in [0.15, 0.2) is 30.3 Å². The van der Waals surface area contributed by atoms with E-state index in [9.17, 15) is 9.59 Å². The van der Waals surface area contributed by atoms with E-state index >= 15 is 0 Å². The Kier molecular flexibility index (Phi) is 6.16. The summed E-state index contributed by atoms with van der Waals surface area (Å²) in [5, 5.41) is 2.99. The second-order valence-corrected chi connectivity index (χ2v) is 6.57. The van der Waals surface area contributed by atoms with Crippen molar-refractivity contribution < 1.29 is 9.59 Å². The minimum atomic E-state index is -0.446. The molecule has 1 aromatic carbocycles. The molecule has 1 aliphatic heterocycles. The molecule has 1 fully saturated rings. The normalized spacial score (nSPS) is 17.1. The first-order valence-corrected chi connectivity index (χ1v) is 8.35. The van der Waals surface area contributed by atoms with E-state index in [-0.39, 0.29) is 23.7 Å². The standard InChI is InChI=1S/C18H27N3O2/c1-13(2)16(19)18(23)21-10-8-15(9-11-21)17(22)20-12-14-6-4-3-5-7-14/h3-7,13,15-16H,8-12,19H2,1-2H3,(H,20,22)/t16-/m0/s1. The second kappa shape index (κ2) is 8.11. The zero-order valence-electron chi connectivity index (χ0n) is 14.0. The summed E-state index contributed by atoms with van der Waals surface area (Å²) in [5.74, 6) is 0.199. The first kappa shape index (κ1) is 17.5. The van der Waals surface area contributed by atoms with Crippen LogP contribution >= 0.6 is 0 Å². The number of nitrogens with two attached hydrogens (primary N) is 1. The maximum Gasteiger partial charge on any atom is 0.239 e. The fourth-order valence-electron chi connectivity index (χ4n) is 2.79. The molecule has 1 aromatic rings. The lowest BCUT2D eigenvalue weighted by Crippen LogP contribution is -2.50. The van der Waals surface area contributed by atoms with Gasteiger partial charge in [0.05, 0.1) is 6.04 Å². The van der Waals surface area contributed by atoms with Gasteiger partial charge in [0, 0.05) is 25.6 Å². The van der Waals surface area contributed by atoms with Gasteiger partial charge in [0.15, 0.2) is 0 Å². The maximum atomic E-state index is 12.3. The first-order chi connectivity index (χ1) is 11.0. The van der Waals surface area contributed by atoms with Crippen LogP contribution in [0.2, 0.25) is 0 Å². The Balaban J connectivity index is 1.77. The van der Waals surface area contributed by atoms with Crippen molar-refractivity contribution in [2.75, 3.05) is 13.1 Å². The third kappa shape index (κ3) is 4.79. The van der Waals surface area contributed by atoms with Crippen molar-refractivity contribution in [1.29, 1.82) is 0 Å². The van der Waals surface area contributed by atoms with Crippen LogP contribution in [0.4, 0.5) is 0 Å². The molecule has 0 unspecified atom stereocenters. The Bertz CT molecular complexity index is 522. The minimum Gasteiger partial charge on any atom is -0.352 e. The van der Waals surface area contributed by atoms with E-state index in [0.29, 0.717) is 32.5 Å². The molecular weight excluding hydrogens is 290 g/mol. The fourth-order valence-corrected chi connectivity index (χ4v) is 2.79. The van der Waals surface area contributed by atoms with E-state index in [4.69, 9.17) is 5.73 Å². The van der Waals surface area contributed by atoms with E-state index in [1.54, 1.807) is 4.90 Å². The van der Waals surface area contributed by atoms with Gasteiger partial charge in [-0.2, -0.15) is 0 Å². The monoisotopic (exact) mass is 317 g/mol. The fraction of sp³-hybridized carbons (Fsp3) is 0.556. The molecule has 0 aromatic heterocycles. The Hall–Kier alpha value is -1.88. The number of likely N-dealkylation sites (tertiary alicyclic amines) is 1. The highest BCUT2D eigenvalue weighted by Gasteiger charge is 2.30. The van der Waals surface area contributed by atoms with Crippen molar-refractivity contribution in [1.82, 2.24) is 10.2 Å². The quantitative estimate of drug-likeness (QED) is 0.864. The average molecular weight is 317 g/mol. The summed E-state index contributed by atoms with van der Waals surface area (Å²) in [6, 6.07) is 9.43. The molecular formula is C18H27N3O2. The number of carbonyl (C=O) groups is 2. The summed E-state index contributed by atoms with van der Waals surface area (Å²) >= 11 is 0. The number of hydrogen-bond acceptors (Lipinski definition) is 3. The molecule has 126 valence electrons. The Morgan fingerprint density at radius 2 is 1.83 bits per heavy atom. The Morgan fingerprint density at radius 1 is 1.22 bits per heavy atom. The number of benzene rings is 1. The molecule has 0 aliphatic carbocycles. The predicted octanol–water partition coefficient (Wildman–Crippen LogP) is 1.52. The minimum absolute atomic E-state index is 0.00291. The summed E-state index contributed by atoms with van der Waals surface area (Å²) in [7, 11) is 0. The van der Waals surface area contributed by atoms with E-state index in [1.165, 1.54) is 0 Å². The summed E-state index contributed by atoms with van der Waals surface area (Å²) in [6.45, 7) is 5.68. The average Bonchev–Trinajstić information content (AvgIpc) is 2.59. The van der Waals surface area contributed by atoms with Crippen LogP contribution in [0.1, 0.15) is 32.3 Å². The van der Waals surface area contributed by atoms with Gasteiger partial charge in [0.25, 0.3) is 0 Å². The van der Waals surface area contributed by atoms with Crippen molar-refractivity contribution in [3.8, 4) is 0 Å². The first-order valence-electron chi connectivity index (χ1n) is 8.35. The Labute approximate surface area is 138 Å². The van der Waals surface area contributed by atoms with Gasteiger partial charge in [-0.15, -0.1) is 0 Å². The molecule has 1 saturated heterocycles. The molecule has 2 rings (SSSR count). The molecule has 3 N–H and O–H groups in total. The molecule has 1 aliphatic rings. The second-order valence-electron chi connectivity index (χ2n) is 6.57. The highest BCUT2D eigenvalue weighted by Crippen LogP contribution is 2.19. The summed E-state index contributed by atoms with van der Waals surface area (Å²) in [4.78, 5) is 26.3. The van der Waals surface area contributed by atoms with Crippen molar-refractivity contribution in [2.45, 2.75) is 39.3 Å². The number of nitrogens with one attached hydrogen (secondary N) is 1. The summed E-state index contributed by atoms with van der Waals surface area (Å²) < 4.78 is 0. The lowest BCUT2D eigenvalue weighted by atomic mass is 9.94. The Morgan fingerprint density at radius 3 is 2.39 bits per heavy atom. The van der Waals surface area contributed by atoms with Gasteiger partial charge >= 0.3 is 0 Å². The molecule has 0 spiro atoms. The zero-order valence-corrected chi connectivity index (χ0v) is 14.0. The molecule has 5 heteroatoms. The van der Waals surface area contributed by atoms with Crippen LogP contribution < -0.4 is 11.1 Å². The number of hydrogen-bond donors (Lipinski definition) is 2. The highest BCUT2D eigenvalue weighted by atomic mass is 16.2. The van der Waals surface area contributed by atoms with E-state index in [2.05, 4.69) is 5.32 Å². The van der Waals surface area contributed by atoms with Crippen molar-refractivity contribution in [2.24, 2.45) is 17.6 Å². The van der Waals surface area contributed by atoms with Crippen LogP contribution in [0.25, 0.3) is 0 Å². The van der Waals surface area contributed by atoms with Crippen LogP contribution in [0, 0.1) is 11.8 Å². The van der Waals surface area contributed by atoms with Crippen molar-refractivity contribution in [3.63, 3.8) is 0 Å². The molecule has 1 atom stereocenters. The number of carbonyl (C=O) groups excluding carboxylic acids is 2. The largest absolute Gasteiger partial charge is 0.352 e. The number of rotatable bonds is 5. The number of amides is 2. The molecule has 0 saturated carbocycles. The van der Waals surface area contributed by atoms with Gasteiger partial charge in [-0.3, -0.25) is 9.59 Å². The zero-order chi connectivity index (χ0) is 16.8. The van der Waals surface area contributed by atoms with Crippen molar-refractivity contribution in [3.05, 3.63) is 35.9 Å². The van der Waals surface area contributed by atoms with Gasteiger partial charge in [-0.05, 0) is 24.3 Å². The third-order valence-corrected chi connectivity index (χ3v) is 4.49. The lowest BCUT2D eigenvalue weighted by Gasteiger charge is -2.33. The van der Waals surface area contributed by atoms with E-state index < -0.39 is 6.04 Å². The molecule has 1 heterocycles. The van der Waals surface area contributed by atoms with E-state index in [1.807, 2.05) is 44.2 Å².